The molecule has 0 fully saturated rings. The van der Waals surface area contributed by atoms with Gasteiger partial charge in [-0.1, -0.05) is 32.9 Å². The fourth-order valence-electron chi connectivity index (χ4n) is 2.21. The molecule has 0 bridgehead atoms. The number of Topliss-reactive ketones (excluding diaryl/α,β-unsaturated/α-hetero) is 1. The third-order valence-electron chi connectivity index (χ3n) is 3.59. The lowest BCUT2D eigenvalue weighted by molar-refractivity contribution is 0.0223. The molecule has 0 heterocycles. The second-order valence-corrected chi connectivity index (χ2v) is 6.66. The van der Waals surface area contributed by atoms with E-state index in [4.69, 9.17) is 9.47 Å². The molecule has 0 saturated heterocycles. The number of carbonyl (C=O) groups is 1. The van der Waals surface area contributed by atoms with E-state index in [1.807, 2.05) is 19.1 Å². The fraction of sp³-hybridized carbons (Fsp3) is 0.350. The summed E-state index contributed by atoms with van der Waals surface area (Å²) >= 11 is 0. The van der Waals surface area contributed by atoms with Crippen LogP contribution in [0.25, 0.3) is 0 Å². The molecule has 0 aliphatic rings. The van der Waals surface area contributed by atoms with Crippen molar-refractivity contribution in [2.24, 2.45) is 0 Å². The lowest BCUT2D eigenvalue weighted by Gasteiger charge is -2.20. The van der Waals surface area contributed by atoms with Crippen LogP contribution in [-0.4, -0.2) is 12.1 Å². The number of carbonyl (C=O) groups excluding carboxylic acids is 1. The predicted octanol–water partition coefficient (Wildman–Crippen LogP) is 4.99. The van der Waals surface area contributed by atoms with Crippen LogP contribution >= 0.6 is 0 Å². The second kappa shape index (κ2) is 6.86. The first kappa shape index (κ1) is 17.1. The molecular formula is C20H24O3. The van der Waals surface area contributed by atoms with Crippen LogP contribution in [0.5, 0.6) is 11.5 Å². The van der Waals surface area contributed by atoms with Gasteiger partial charge in [0.15, 0.2) is 5.78 Å². The van der Waals surface area contributed by atoms with Crippen molar-refractivity contribution < 1.29 is 14.3 Å². The minimum Gasteiger partial charge on any atom is -0.455 e. The van der Waals surface area contributed by atoms with E-state index in [1.54, 1.807) is 31.2 Å². The highest BCUT2D eigenvalue weighted by atomic mass is 16.7. The molecule has 3 heteroatoms. The quantitative estimate of drug-likeness (QED) is 0.576. The molecule has 0 amide bonds. The normalized spacial score (nSPS) is 12.6. The van der Waals surface area contributed by atoms with E-state index in [9.17, 15) is 4.79 Å². The summed E-state index contributed by atoms with van der Waals surface area (Å²) in [7, 11) is 0. The number of ketones is 1. The Morgan fingerprint density at radius 1 is 0.870 bits per heavy atom. The van der Waals surface area contributed by atoms with Crippen molar-refractivity contribution in [2.75, 3.05) is 0 Å². The van der Waals surface area contributed by atoms with Crippen LogP contribution in [0, 0.1) is 0 Å². The average Bonchev–Trinajstić information content (AvgIpc) is 2.47. The molecule has 0 spiro atoms. The molecule has 0 aliphatic carbocycles. The van der Waals surface area contributed by atoms with Gasteiger partial charge in [-0.3, -0.25) is 4.79 Å². The van der Waals surface area contributed by atoms with E-state index in [0.29, 0.717) is 11.3 Å². The van der Waals surface area contributed by atoms with Gasteiger partial charge in [0.05, 0.1) is 0 Å². The third-order valence-corrected chi connectivity index (χ3v) is 3.59. The molecule has 0 radical (unpaired) electrons. The smallest absolute Gasteiger partial charge is 0.238 e. The maximum Gasteiger partial charge on any atom is 0.238 e. The number of ether oxygens (including phenoxy) is 2. The van der Waals surface area contributed by atoms with E-state index in [2.05, 4.69) is 32.9 Å². The molecule has 23 heavy (non-hydrogen) atoms. The standard InChI is InChI=1S/C20H24O3/c1-14(21)16-6-10-18(11-7-16)22-15(2)23-19-12-8-17(9-13-19)20(3,4)5/h6-13,15H,1-5H3. The lowest BCUT2D eigenvalue weighted by Crippen LogP contribution is -2.19. The molecule has 1 unspecified atom stereocenters. The summed E-state index contributed by atoms with van der Waals surface area (Å²) in [6.07, 6.45) is -0.418. The molecule has 2 aromatic carbocycles. The molecule has 2 rings (SSSR count). The lowest BCUT2D eigenvalue weighted by atomic mass is 9.87. The second-order valence-electron chi connectivity index (χ2n) is 6.66. The fourth-order valence-corrected chi connectivity index (χ4v) is 2.21. The topological polar surface area (TPSA) is 35.5 Å². The van der Waals surface area contributed by atoms with Gasteiger partial charge in [-0.2, -0.15) is 0 Å². The molecule has 3 nitrogen and oxygen atoms in total. The minimum atomic E-state index is -0.418. The van der Waals surface area contributed by atoms with Crippen LogP contribution < -0.4 is 9.47 Å². The number of benzene rings is 2. The van der Waals surface area contributed by atoms with Crippen LogP contribution in [0.15, 0.2) is 48.5 Å². The molecule has 0 saturated carbocycles. The van der Waals surface area contributed by atoms with E-state index in [-0.39, 0.29) is 11.2 Å². The SMILES string of the molecule is CC(=O)c1ccc(OC(C)Oc2ccc(C(C)(C)C)cc2)cc1. The Balaban J connectivity index is 1.96. The summed E-state index contributed by atoms with van der Waals surface area (Å²) in [5, 5.41) is 0. The first-order valence-electron chi connectivity index (χ1n) is 7.80. The summed E-state index contributed by atoms with van der Waals surface area (Å²) in [5.74, 6) is 1.49. The molecule has 2 aromatic rings. The maximum absolute atomic E-state index is 11.3. The Morgan fingerprint density at radius 3 is 1.70 bits per heavy atom. The van der Waals surface area contributed by atoms with Crippen molar-refractivity contribution in [2.45, 2.75) is 46.3 Å². The highest BCUT2D eigenvalue weighted by Crippen LogP contribution is 2.25. The van der Waals surface area contributed by atoms with Gasteiger partial charge in [-0.05, 0) is 54.3 Å². The van der Waals surface area contributed by atoms with Gasteiger partial charge in [0.25, 0.3) is 0 Å². The number of hydrogen-bond donors (Lipinski definition) is 0. The van der Waals surface area contributed by atoms with E-state index in [0.717, 1.165) is 5.75 Å². The van der Waals surface area contributed by atoms with Crippen LogP contribution in [0.1, 0.15) is 50.5 Å². The van der Waals surface area contributed by atoms with Gasteiger partial charge in [-0.25, -0.2) is 0 Å². The molecule has 0 aliphatic heterocycles. The third kappa shape index (κ3) is 4.85. The zero-order valence-electron chi connectivity index (χ0n) is 14.4. The van der Waals surface area contributed by atoms with Crippen molar-refractivity contribution in [1.29, 1.82) is 0 Å². The zero-order valence-corrected chi connectivity index (χ0v) is 14.4. The van der Waals surface area contributed by atoms with Gasteiger partial charge in [0.2, 0.25) is 6.29 Å². The van der Waals surface area contributed by atoms with Crippen LogP contribution in [0.2, 0.25) is 0 Å². The Morgan fingerprint density at radius 2 is 1.30 bits per heavy atom. The van der Waals surface area contributed by atoms with Gasteiger partial charge in [-0.15, -0.1) is 0 Å². The molecule has 0 N–H and O–H groups in total. The Kier molecular flexibility index (Phi) is 5.09. The van der Waals surface area contributed by atoms with Crippen molar-refractivity contribution in [3.05, 3.63) is 59.7 Å². The van der Waals surface area contributed by atoms with E-state index < -0.39 is 6.29 Å². The van der Waals surface area contributed by atoms with Crippen molar-refractivity contribution in [1.82, 2.24) is 0 Å². The van der Waals surface area contributed by atoms with Crippen LogP contribution in [0.3, 0.4) is 0 Å². The Hall–Kier alpha value is -2.29. The van der Waals surface area contributed by atoms with Crippen molar-refractivity contribution in [3.8, 4) is 11.5 Å². The summed E-state index contributed by atoms with van der Waals surface area (Å²) in [6, 6.07) is 15.1. The van der Waals surface area contributed by atoms with Gasteiger partial charge in [0.1, 0.15) is 11.5 Å². The Bertz CT molecular complexity index is 649. The van der Waals surface area contributed by atoms with E-state index in [1.165, 1.54) is 5.56 Å². The van der Waals surface area contributed by atoms with Crippen molar-refractivity contribution in [3.63, 3.8) is 0 Å². The largest absolute Gasteiger partial charge is 0.455 e. The van der Waals surface area contributed by atoms with E-state index >= 15 is 0 Å². The summed E-state index contributed by atoms with van der Waals surface area (Å²) in [4.78, 5) is 11.3. The first-order chi connectivity index (χ1) is 10.8. The maximum atomic E-state index is 11.3. The Labute approximate surface area is 138 Å². The number of rotatable bonds is 5. The molecule has 0 aromatic heterocycles. The predicted molar refractivity (Wildman–Crippen MR) is 92.3 cm³/mol. The van der Waals surface area contributed by atoms with Crippen LogP contribution in [0.4, 0.5) is 0 Å². The van der Waals surface area contributed by atoms with Crippen molar-refractivity contribution >= 4 is 5.78 Å². The van der Waals surface area contributed by atoms with Gasteiger partial charge in [0, 0.05) is 12.5 Å². The zero-order chi connectivity index (χ0) is 17.0. The highest BCUT2D eigenvalue weighted by molar-refractivity contribution is 5.94. The summed E-state index contributed by atoms with van der Waals surface area (Å²) < 4.78 is 11.5. The highest BCUT2D eigenvalue weighted by Gasteiger charge is 2.13. The summed E-state index contributed by atoms with van der Waals surface area (Å²) in [5.41, 5.74) is 2.06. The average molecular weight is 312 g/mol. The molecule has 1 atom stereocenters. The van der Waals surface area contributed by atoms with Crippen LogP contribution in [-0.2, 0) is 5.41 Å². The summed E-state index contributed by atoms with van der Waals surface area (Å²) in [6.45, 7) is 9.93. The minimum absolute atomic E-state index is 0.0415. The first-order valence-corrected chi connectivity index (χ1v) is 7.80. The molecule has 122 valence electrons. The monoisotopic (exact) mass is 312 g/mol. The number of hydrogen-bond acceptors (Lipinski definition) is 3. The van der Waals surface area contributed by atoms with Gasteiger partial charge >= 0.3 is 0 Å². The van der Waals surface area contributed by atoms with Gasteiger partial charge < -0.3 is 9.47 Å². The molecular weight excluding hydrogens is 288 g/mol.